The third-order valence-corrected chi connectivity index (χ3v) is 4.52. The van der Waals surface area contributed by atoms with Crippen LogP contribution in [0.5, 0.6) is 0 Å². The number of halogens is 3. The summed E-state index contributed by atoms with van der Waals surface area (Å²) in [7, 11) is 0. The van der Waals surface area contributed by atoms with E-state index in [2.05, 4.69) is 15.9 Å². The maximum absolute atomic E-state index is 10.1. The zero-order chi connectivity index (χ0) is 12.4. The Hall–Kier alpha value is -0.0600. The van der Waals surface area contributed by atoms with Crippen LogP contribution in [-0.2, 0) is 6.42 Å². The molecule has 17 heavy (non-hydrogen) atoms. The van der Waals surface area contributed by atoms with E-state index < -0.39 is 6.10 Å². The molecule has 90 valence electrons. The highest BCUT2D eigenvalue weighted by atomic mass is 79.9. The van der Waals surface area contributed by atoms with E-state index in [-0.39, 0.29) is 0 Å². The average molecular weight is 352 g/mol. The number of aliphatic hydroxyl groups excluding tert-OH is 1. The molecule has 0 amide bonds. The summed E-state index contributed by atoms with van der Waals surface area (Å²) in [5.74, 6) is 0. The smallest absolute Gasteiger partial charge is 0.0931 e. The fourth-order valence-electron chi connectivity index (χ4n) is 1.53. The van der Waals surface area contributed by atoms with Gasteiger partial charge in [0.05, 0.1) is 10.4 Å². The van der Waals surface area contributed by atoms with Crippen molar-refractivity contribution in [1.29, 1.82) is 0 Å². The van der Waals surface area contributed by atoms with Gasteiger partial charge in [0.2, 0.25) is 0 Å². The van der Waals surface area contributed by atoms with Gasteiger partial charge in [0, 0.05) is 20.8 Å². The largest absolute Gasteiger partial charge is 0.388 e. The van der Waals surface area contributed by atoms with Crippen LogP contribution in [-0.4, -0.2) is 5.11 Å². The van der Waals surface area contributed by atoms with E-state index in [9.17, 15) is 5.11 Å². The fraction of sp³-hybridized carbons (Fsp3) is 0.167. The van der Waals surface area contributed by atoms with Gasteiger partial charge in [-0.15, -0.1) is 11.3 Å². The van der Waals surface area contributed by atoms with Crippen molar-refractivity contribution < 1.29 is 5.11 Å². The lowest BCUT2D eigenvalue weighted by atomic mass is 10.1. The second-order valence-corrected chi connectivity index (χ2v) is 6.68. The molecule has 1 nitrogen and oxygen atoms in total. The summed E-state index contributed by atoms with van der Waals surface area (Å²) < 4.78 is 1.56. The average Bonchev–Trinajstić information content (AvgIpc) is 2.63. The van der Waals surface area contributed by atoms with Gasteiger partial charge in [0.15, 0.2) is 0 Å². The van der Waals surface area contributed by atoms with Crippen molar-refractivity contribution >= 4 is 50.5 Å². The maximum Gasteiger partial charge on any atom is 0.0931 e. The van der Waals surface area contributed by atoms with Crippen molar-refractivity contribution in [2.75, 3.05) is 0 Å². The van der Waals surface area contributed by atoms with Crippen LogP contribution >= 0.6 is 50.5 Å². The maximum atomic E-state index is 10.1. The van der Waals surface area contributed by atoms with Crippen LogP contribution in [0, 0.1) is 0 Å². The van der Waals surface area contributed by atoms with Crippen LogP contribution in [0.15, 0.2) is 34.8 Å². The van der Waals surface area contributed by atoms with Crippen molar-refractivity contribution in [3.8, 4) is 0 Å². The molecule has 0 aliphatic carbocycles. The second-order valence-electron chi connectivity index (χ2n) is 3.59. The van der Waals surface area contributed by atoms with Crippen molar-refractivity contribution in [3.63, 3.8) is 0 Å². The first-order valence-corrected chi connectivity index (χ1v) is 7.30. The van der Waals surface area contributed by atoms with Crippen LogP contribution < -0.4 is 0 Å². The Bertz CT molecular complexity index is 527. The van der Waals surface area contributed by atoms with E-state index in [0.717, 1.165) is 19.2 Å². The summed E-state index contributed by atoms with van der Waals surface area (Å²) in [6, 6.07) is 9.14. The lowest BCUT2D eigenvalue weighted by Gasteiger charge is -2.12. The van der Waals surface area contributed by atoms with Crippen LogP contribution in [0.1, 0.15) is 16.5 Å². The molecule has 1 aromatic carbocycles. The lowest BCUT2D eigenvalue weighted by molar-refractivity contribution is 0.178. The summed E-state index contributed by atoms with van der Waals surface area (Å²) >= 11 is 16.6. The normalized spacial score (nSPS) is 12.7. The SMILES string of the molecule is OC(Cc1ccc(Cl)s1)c1ccc(Cl)cc1Br. The van der Waals surface area contributed by atoms with E-state index >= 15 is 0 Å². The van der Waals surface area contributed by atoms with E-state index in [1.165, 1.54) is 11.3 Å². The van der Waals surface area contributed by atoms with Crippen LogP contribution in [0.2, 0.25) is 9.36 Å². The van der Waals surface area contributed by atoms with Crippen LogP contribution in [0.25, 0.3) is 0 Å². The molecule has 0 aliphatic rings. The molecule has 1 heterocycles. The highest BCUT2D eigenvalue weighted by Crippen LogP contribution is 2.31. The molecule has 1 atom stereocenters. The molecule has 0 saturated heterocycles. The quantitative estimate of drug-likeness (QED) is 0.816. The Morgan fingerprint density at radius 1 is 1.24 bits per heavy atom. The molecule has 0 spiro atoms. The van der Waals surface area contributed by atoms with E-state index in [1.54, 1.807) is 12.1 Å². The molecule has 5 heteroatoms. The standard InChI is InChI=1S/C12H9BrCl2OS/c13-10-5-7(14)1-3-9(10)11(16)6-8-2-4-12(15)17-8/h1-5,11,16H,6H2. The minimum absolute atomic E-state index is 0.553. The summed E-state index contributed by atoms with van der Waals surface area (Å²) in [6.45, 7) is 0. The van der Waals surface area contributed by atoms with Gasteiger partial charge in [-0.25, -0.2) is 0 Å². The second kappa shape index (κ2) is 5.72. The topological polar surface area (TPSA) is 20.2 Å². The number of benzene rings is 1. The summed E-state index contributed by atoms with van der Waals surface area (Å²) in [6.07, 6.45) is -0.00573. The lowest BCUT2D eigenvalue weighted by Crippen LogP contribution is -2.01. The van der Waals surface area contributed by atoms with Gasteiger partial charge < -0.3 is 5.11 Å². The molecule has 2 aromatic rings. The van der Waals surface area contributed by atoms with E-state index in [1.807, 2.05) is 18.2 Å². The van der Waals surface area contributed by atoms with Crippen LogP contribution in [0.3, 0.4) is 0 Å². The third-order valence-electron chi connectivity index (χ3n) is 2.34. The Balaban J connectivity index is 2.17. The van der Waals surface area contributed by atoms with E-state index in [0.29, 0.717) is 11.4 Å². The van der Waals surface area contributed by atoms with Gasteiger partial charge in [0.25, 0.3) is 0 Å². The molecule has 0 fully saturated rings. The monoisotopic (exact) mass is 350 g/mol. The fourth-order valence-corrected chi connectivity index (χ4v) is 3.60. The molecule has 0 aliphatic heterocycles. The molecular weight excluding hydrogens is 343 g/mol. The first-order valence-electron chi connectivity index (χ1n) is 4.93. The molecule has 1 unspecified atom stereocenters. The number of rotatable bonds is 3. The zero-order valence-electron chi connectivity index (χ0n) is 8.66. The predicted octanol–water partition coefficient (Wildman–Crippen LogP) is 5.09. The molecule has 0 saturated carbocycles. The summed E-state index contributed by atoms with van der Waals surface area (Å²) in [5, 5.41) is 10.8. The van der Waals surface area contributed by atoms with Crippen molar-refractivity contribution in [1.82, 2.24) is 0 Å². The minimum atomic E-state index is -0.559. The van der Waals surface area contributed by atoms with Gasteiger partial charge in [-0.2, -0.15) is 0 Å². The van der Waals surface area contributed by atoms with E-state index in [4.69, 9.17) is 23.2 Å². The van der Waals surface area contributed by atoms with Gasteiger partial charge >= 0.3 is 0 Å². The van der Waals surface area contributed by atoms with Gasteiger partial charge in [0.1, 0.15) is 0 Å². The van der Waals surface area contributed by atoms with Crippen molar-refractivity contribution in [2.24, 2.45) is 0 Å². The molecule has 1 aromatic heterocycles. The molecular formula is C12H9BrCl2OS. The van der Waals surface area contributed by atoms with Crippen LogP contribution in [0.4, 0.5) is 0 Å². The van der Waals surface area contributed by atoms with Crippen molar-refractivity contribution in [2.45, 2.75) is 12.5 Å². The van der Waals surface area contributed by atoms with Gasteiger partial charge in [-0.1, -0.05) is 45.2 Å². The highest BCUT2D eigenvalue weighted by molar-refractivity contribution is 9.10. The molecule has 0 radical (unpaired) electrons. The zero-order valence-corrected chi connectivity index (χ0v) is 12.6. The Morgan fingerprint density at radius 3 is 2.59 bits per heavy atom. The Kier molecular flexibility index (Phi) is 4.50. The molecule has 1 N–H and O–H groups in total. The minimum Gasteiger partial charge on any atom is -0.388 e. The van der Waals surface area contributed by atoms with Gasteiger partial charge in [-0.05, 0) is 29.8 Å². The van der Waals surface area contributed by atoms with Gasteiger partial charge in [-0.3, -0.25) is 0 Å². The Labute approximate surface area is 122 Å². The summed E-state index contributed by atoms with van der Waals surface area (Å²) in [5.41, 5.74) is 0.832. The number of hydrogen-bond acceptors (Lipinski definition) is 2. The Morgan fingerprint density at radius 2 is 2.00 bits per heavy atom. The predicted molar refractivity (Wildman–Crippen MR) is 77.1 cm³/mol. The number of thiophene rings is 1. The first-order chi connectivity index (χ1) is 8.06. The van der Waals surface area contributed by atoms with Crippen molar-refractivity contribution in [3.05, 3.63) is 54.6 Å². The number of hydrogen-bond donors (Lipinski definition) is 1. The molecule has 2 rings (SSSR count). The summed E-state index contributed by atoms with van der Waals surface area (Å²) in [4.78, 5) is 1.06. The first kappa shape index (κ1) is 13.4. The molecule has 0 bridgehead atoms. The highest BCUT2D eigenvalue weighted by Gasteiger charge is 2.13. The number of aliphatic hydroxyl groups is 1. The third kappa shape index (κ3) is 3.46.